The molecule has 0 aliphatic rings. The van der Waals surface area contributed by atoms with Crippen molar-refractivity contribution in [3.05, 3.63) is 29.6 Å². The molecule has 0 saturated heterocycles. The van der Waals surface area contributed by atoms with Gasteiger partial charge in [0, 0.05) is 12.7 Å². The van der Waals surface area contributed by atoms with Crippen molar-refractivity contribution in [2.75, 3.05) is 6.54 Å². The average Bonchev–Trinajstić information content (AvgIpc) is 2.09. The normalized spacial score (nSPS) is 9.33. The van der Waals surface area contributed by atoms with Crippen molar-refractivity contribution >= 4 is 0 Å². The number of nitrogens with one attached hydrogen (secondary N) is 1. The molecule has 3 nitrogen and oxygen atoms in total. The standard InChI is InChI=1S/C9H11N3/c1-8-3-2-5-12-9(8)7-11-6-4-10/h2-3,5,11H,6-7H2,1H3. The van der Waals surface area contributed by atoms with Crippen LogP contribution < -0.4 is 5.32 Å². The summed E-state index contributed by atoms with van der Waals surface area (Å²) in [6.45, 7) is 3.05. The van der Waals surface area contributed by atoms with Crippen LogP contribution in [0.4, 0.5) is 0 Å². The fraction of sp³-hybridized carbons (Fsp3) is 0.333. The Morgan fingerprint density at radius 1 is 1.67 bits per heavy atom. The summed E-state index contributed by atoms with van der Waals surface area (Å²) in [6, 6.07) is 5.93. The molecule has 0 radical (unpaired) electrons. The van der Waals surface area contributed by atoms with E-state index in [0.29, 0.717) is 13.1 Å². The lowest BCUT2D eigenvalue weighted by atomic mass is 10.2. The van der Waals surface area contributed by atoms with Crippen LogP contribution in [0, 0.1) is 18.3 Å². The lowest BCUT2D eigenvalue weighted by Gasteiger charge is -2.02. The SMILES string of the molecule is Cc1cccnc1CNCC#N. The first-order valence-electron chi connectivity index (χ1n) is 3.82. The molecule has 0 spiro atoms. The molecule has 1 aromatic heterocycles. The highest BCUT2D eigenvalue weighted by Crippen LogP contribution is 2.01. The summed E-state index contributed by atoms with van der Waals surface area (Å²) >= 11 is 0. The predicted octanol–water partition coefficient (Wildman–Crippen LogP) is 1.00. The lowest BCUT2D eigenvalue weighted by Crippen LogP contribution is -2.14. The number of pyridine rings is 1. The number of nitrogens with zero attached hydrogens (tertiary/aromatic N) is 2. The van der Waals surface area contributed by atoms with E-state index in [9.17, 15) is 0 Å². The third kappa shape index (κ3) is 2.33. The minimum absolute atomic E-state index is 0.371. The topological polar surface area (TPSA) is 48.7 Å². The van der Waals surface area contributed by atoms with Crippen LogP contribution in [0.2, 0.25) is 0 Å². The van der Waals surface area contributed by atoms with E-state index in [2.05, 4.69) is 10.3 Å². The maximum Gasteiger partial charge on any atom is 0.0844 e. The van der Waals surface area contributed by atoms with Crippen molar-refractivity contribution in [2.45, 2.75) is 13.5 Å². The molecule has 0 atom stereocenters. The molecule has 0 aliphatic heterocycles. The summed E-state index contributed by atoms with van der Waals surface area (Å²) in [5.41, 5.74) is 2.16. The number of hydrogen-bond acceptors (Lipinski definition) is 3. The van der Waals surface area contributed by atoms with Crippen LogP contribution in [0.5, 0.6) is 0 Å². The van der Waals surface area contributed by atoms with Crippen molar-refractivity contribution < 1.29 is 0 Å². The van der Waals surface area contributed by atoms with Crippen LogP contribution in [0.15, 0.2) is 18.3 Å². The Hall–Kier alpha value is -1.40. The first-order chi connectivity index (χ1) is 5.84. The van der Waals surface area contributed by atoms with Crippen molar-refractivity contribution in [3.63, 3.8) is 0 Å². The van der Waals surface area contributed by atoms with Crippen LogP contribution in [-0.4, -0.2) is 11.5 Å². The average molecular weight is 161 g/mol. The van der Waals surface area contributed by atoms with Gasteiger partial charge in [0.25, 0.3) is 0 Å². The summed E-state index contributed by atoms with van der Waals surface area (Å²) in [5, 5.41) is 11.2. The Morgan fingerprint density at radius 2 is 2.50 bits per heavy atom. The zero-order valence-electron chi connectivity index (χ0n) is 7.04. The van der Waals surface area contributed by atoms with Crippen LogP contribution >= 0.6 is 0 Å². The zero-order chi connectivity index (χ0) is 8.81. The zero-order valence-corrected chi connectivity index (χ0v) is 7.04. The minimum atomic E-state index is 0.371. The Kier molecular flexibility index (Phi) is 3.24. The molecule has 0 bridgehead atoms. The van der Waals surface area contributed by atoms with Gasteiger partial charge in [0.05, 0.1) is 18.3 Å². The van der Waals surface area contributed by atoms with Gasteiger partial charge in [-0.3, -0.25) is 10.3 Å². The predicted molar refractivity (Wildman–Crippen MR) is 46.3 cm³/mol. The second-order valence-corrected chi connectivity index (χ2v) is 2.53. The van der Waals surface area contributed by atoms with E-state index in [4.69, 9.17) is 5.26 Å². The summed E-state index contributed by atoms with van der Waals surface area (Å²) < 4.78 is 0. The fourth-order valence-electron chi connectivity index (χ4n) is 0.940. The molecule has 0 amide bonds. The summed E-state index contributed by atoms with van der Waals surface area (Å²) in [6.07, 6.45) is 1.76. The second-order valence-electron chi connectivity index (χ2n) is 2.53. The molecule has 12 heavy (non-hydrogen) atoms. The Bertz CT molecular complexity index is 288. The van der Waals surface area contributed by atoms with Gasteiger partial charge in [-0.25, -0.2) is 0 Å². The molecule has 62 valence electrons. The Labute approximate surface area is 72.1 Å². The molecule has 0 unspecified atom stereocenters. The molecular formula is C9H11N3. The van der Waals surface area contributed by atoms with E-state index < -0.39 is 0 Å². The summed E-state index contributed by atoms with van der Waals surface area (Å²) in [4.78, 5) is 4.18. The highest BCUT2D eigenvalue weighted by atomic mass is 14.9. The molecule has 3 heteroatoms. The van der Waals surface area contributed by atoms with Crippen LogP contribution in [0.3, 0.4) is 0 Å². The van der Waals surface area contributed by atoms with E-state index in [1.807, 2.05) is 25.1 Å². The molecule has 0 aliphatic carbocycles. The molecule has 0 fully saturated rings. The fourth-order valence-corrected chi connectivity index (χ4v) is 0.940. The van der Waals surface area contributed by atoms with Crippen LogP contribution in [0.1, 0.15) is 11.3 Å². The van der Waals surface area contributed by atoms with Crippen molar-refractivity contribution in [1.82, 2.24) is 10.3 Å². The highest BCUT2D eigenvalue weighted by Gasteiger charge is 1.95. The third-order valence-electron chi connectivity index (χ3n) is 1.61. The maximum atomic E-state index is 8.28. The number of rotatable bonds is 3. The van der Waals surface area contributed by atoms with E-state index in [1.165, 1.54) is 0 Å². The second kappa shape index (κ2) is 4.47. The summed E-state index contributed by atoms with van der Waals surface area (Å²) in [7, 11) is 0. The molecular weight excluding hydrogens is 150 g/mol. The van der Waals surface area contributed by atoms with Gasteiger partial charge < -0.3 is 0 Å². The molecule has 1 rings (SSSR count). The number of aromatic nitrogens is 1. The van der Waals surface area contributed by atoms with Gasteiger partial charge in [0.15, 0.2) is 0 Å². The van der Waals surface area contributed by atoms with Crippen molar-refractivity contribution in [2.24, 2.45) is 0 Å². The van der Waals surface area contributed by atoms with Crippen LogP contribution in [-0.2, 0) is 6.54 Å². The van der Waals surface area contributed by atoms with Gasteiger partial charge in [-0.05, 0) is 18.6 Å². The van der Waals surface area contributed by atoms with E-state index in [0.717, 1.165) is 11.3 Å². The van der Waals surface area contributed by atoms with Gasteiger partial charge in [0.2, 0.25) is 0 Å². The van der Waals surface area contributed by atoms with Gasteiger partial charge in [-0.2, -0.15) is 5.26 Å². The van der Waals surface area contributed by atoms with Crippen LogP contribution in [0.25, 0.3) is 0 Å². The van der Waals surface area contributed by atoms with Gasteiger partial charge in [-0.15, -0.1) is 0 Å². The van der Waals surface area contributed by atoms with Gasteiger partial charge in [-0.1, -0.05) is 6.07 Å². The largest absolute Gasteiger partial charge is 0.299 e. The Morgan fingerprint density at radius 3 is 3.17 bits per heavy atom. The van der Waals surface area contributed by atoms with E-state index >= 15 is 0 Å². The van der Waals surface area contributed by atoms with Gasteiger partial charge >= 0.3 is 0 Å². The molecule has 1 aromatic rings. The van der Waals surface area contributed by atoms with E-state index in [1.54, 1.807) is 6.20 Å². The quantitative estimate of drug-likeness (QED) is 0.531. The van der Waals surface area contributed by atoms with Crippen molar-refractivity contribution in [1.29, 1.82) is 5.26 Å². The molecule has 0 aromatic carbocycles. The molecule has 0 saturated carbocycles. The van der Waals surface area contributed by atoms with Crippen molar-refractivity contribution in [3.8, 4) is 6.07 Å². The van der Waals surface area contributed by atoms with Gasteiger partial charge in [0.1, 0.15) is 0 Å². The molecule has 1 heterocycles. The summed E-state index contributed by atoms with van der Waals surface area (Å²) in [5.74, 6) is 0. The van der Waals surface area contributed by atoms with E-state index in [-0.39, 0.29) is 0 Å². The molecule has 1 N–H and O–H groups in total. The lowest BCUT2D eigenvalue weighted by molar-refractivity contribution is 0.740. The number of aryl methyl sites for hydroxylation is 1. The number of nitriles is 1. The maximum absolute atomic E-state index is 8.28. The first-order valence-corrected chi connectivity index (χ1v) is 3.82. The first kappa shape index (κ1) is 8.69. The third-order valence-corrected chi connectivity index (χ3v) is 1.61. The highest BCUT2D eigenvalue weighted by molar-refractivity contribution is 5.17. The minimum Gasteiger partial charge on any atom is -0.299 e. The smallest absolute Gasteiger partial charge is 0.0844 e. The monoisotopic (exact) mass is 161 g/mol. The number of hydrogen-bond donors (Lipinski definition) is 1. The Balaban J connectivity index is 2.53.